The van der Waals surface area contributed by atoms with Crippen LogP contribution in [0.1, 0.15) is 31.2 Å². The molecule has 0 aromatic heterocycles. The molecule has 2 aliphatic heterocycles. The molecular weight excluding hydrogens is 554 g/mol. The highest BCUT2D eigenvalue weighted by Crippen LogP contribution is 2.45. The Bertz CT molecular complexity index is 976. The predicted octanol–water partition coefficient (Wildman–Crippen LogP) is 2.22. The normalized spacial score (nSPS) is 20.4. The average molecular weight is 587 g/mol. The summed E-state index contributed by atoms with van der Waals surface area (Å²) in [7, 11) is 0. The zero-order chi connectivity index (χ0) is 30.7. The lowest BCUT2D eigenvalue weighted by molar-refractivity contribution is -0.193. The molecule has 1 aromatic carbocycles. The lowest BCUT2D eigenvalue weighted by Crippen LogP contribution is -2.44. The fourth-order valence-corrected chi connectivity index (χ4v) is 4.85. The van der Waals surface area contributed by atoms with Crippen LogP contribution in [0.4, 0.5) is 26.3 Å². The van der Waals surface area contributed by atoms with Crippen LogP contribution in [0.2, 0.25) is 0 Å². The number of carboxylic acids is 2. The highest BCUT2D eigenvalue weighted by Gasteiger charge is 2.46. The fourth-order valence-electron chi connectivity index (χ4n) is 4.85. The third kappa shape index (κ3) is 12.2. The van der Waals surface area contributed by atoms with E-state index in [1.807, 2.05) is 6.07 Å². The quantitative estimate of drug-likeness (QED) is 0.353. The van der Waals surface area contributed by atoms with Crippen LogP contribution >= 0.6 is 0 Å². The van der Waals surface area contributed by atoms with Crippen molar-refractivity contribution in [2.24, 2.45) is 22.8 Å². The van der Waals surface area contributed by atoms with Gasteiger partial charge in [-0.3, -0.25) is 19.4 Å². The van der Waals surface area contributed by atoms with Crippen LogP contribution in [0.15, 0.2) is 30.3 Å². The van der Waals surface area contributed by atoms with Gasteiger partial charge in [0.05, 0.1) is 6.54 Å². The zero-order valence-corrected chi connectivity index (χ0v) is 21.4. The minimum absolute atomic E-state index is 0.0971. The first-order chi connectivity index (χ1) is 18.4. The molecule has 1 aromatic rings. The molecule has 2 amide bonds. The molecular formula is C24H32F6N4O6. The van der Waals surface area contributed by atoms with Gasteiger partial charge < -0.3 is 21.7 Å². The van der Waals surface area contributed by atoms with Gasteiger partial charge in [0, 0.05) is 19.5 Å². The minimum Gasteiger partial charge on any atom is -0.475 e. The number of carbonyl (C=O) groups excluding carboxylic acids is 2. The second kappa shape index (κ2) is 14.8. The van der Waals surface area contributed by atoms with Gasteiger partial charge in [-0.15, -0.1) is 0 Å². The van der Waals surface area contributed by atoms with Crippen molar-refractivity contribution < 1.29 is 55.7 Å². The van der Waals surface area contributed by atoms with E-state index < -0.39 is 24.3 Å². The molecule has 10 nitrogen and oxygen atoms in total. The van der Waals surface area contributed by atoms with E-state index in [0.29, 0.717) is 12.3 Å². The number of aliphatic carboxylic acids is 2. The average Bonchev–Trinajstić information content (AvgIpc) is 3.21. The molecule has 2 aliphatic rings. The van der Waals surface area contributed by atoms with Crippen molar-refractivity contribution in [2.45, 2.75) is 44.6 Å². The summed E-state index contributed by atoms with van der Waals surface area (Å²) in [5.41, 5.74) is 12.2. The van der Waals surface area contributed by atoms with E-state index in [0.717, 1.165) is 52.0 Å². The number of carbonyl (C=O) groups is 4. The Labute approximate surface area is 225 Å². The number of benzene rings is 1. The number of nitrogens with zero attached hydrogens (tertiary/aromatic N) is 2. The SMILES string of the molecule is NC(=O)CN1CCC(CC(N)=O)(C2CCN(Cc3ccccc3)CC2)C1.O=C(O)C(F)(F)F.O=C(O)C(F)(F)F. The molecule has 1 atom stereocenters. The zero-order valence-electron chi connectivity index (χ0n) is 21.4. The van der Waals surface area contributed by atoms with Crippen LogP contribution in [-0.2, 0) is 25.7 Å². The molecule has 40 heavy (non-hydrogen) atoms. The van der Waals surface area contributed by atoms with E-state index >= 15 is 0 Å². The van der Waals surface area contributed by atoms with Crippen LogP contribution in [0.5, 0.6) is 0 Å². The summed E-state index contributed by atoms with van der Waals surface area (Å²) in [6.45, 7) is 4.89. The third-order valence-corrected chi connectivity index (χ3v) is 6.56. The molecule has 3 rings (SSSR count). The molecule has 2 fully saturated rings. The number of amides is 2. The van der Waals surface area contributed by atoms with Crippen LogP contribution < -0.4 is 11.5 Å². The van der Waals surface area contributed by atoms with Gasteiger partial charge in [-0.25, -0.2) is 9.59 Å². The summed E-state index contributed by atoms with van der Waals surface area (Å²) in [6, 6.07) is 10.5. The second-order valence-electron chi connectivity index (χ2n) is 9.57. The number of hydrogen-bond donors (Lipinski definition) is 4. The maximum atomic E-state index is 11.7. The van der Waals surface area contributed by atoms with Crippen molar-refractivity contribution in [3.63, 3.8) is 0 Å². The lowest BCUT2D eigenvalue weighted by Gasteiger charge is -2.42. The first kappa shape index (κ1) is 34.6. The third-order valence-electron chi connectivity index (χ3n) is 6.56. The predicted molar refractivity (Wildman–Crippen MR) is 128 cm³/mol. The van der Waals surface area contributed by atoms with Crippen molar-refractivity contribution in [3.8, 4) is 0 Å². The maximum Gasteiger partial charge on any atom is 0.490 e. The number of nitrogens with two attached hydrogens (primary N) is 2. The lowest BCUT2D eigenvalue weighted by atomic mass is 9.68. The van der Waals surface area contributed by atoms with E-state index in [4.69, 9.17) is 31.3 Å². The van der Waals surface area contributed by atoms with Gasteiger partial charge in [0.25, 0.3) is 0 Å². The number of halogens is 6. The summed E-state index contributed by atoms with van der Waals surface area (Å²) in [4.78, 5) is 45.4. The second-order valence-corrected chi connectivity index (χ2v) is 9.57. The van der Waals surface area contributed by atoms with Gasteiger partial charge in [0.1, 0.15) is 0 Å². The smallest absolute Gasteiger partial charge is 0.475 e. The maximum absolute atomic E-state index is 11.7. The number of rotatable bonds is 7. The van der Waals surface area contributed by atoms with Gasteiger partial charge in [-0.05, 0) is 55.8 Å². The minimum atomic E-state index is -5.08. The van der Waals surface area contributed by atoms with Crippen molar-refractivity contribution >= 4 is 23.8 Å². The van der Waals surface area contributed by atoms with Gasteiger partial charge in [0.2, 0.25) is 11.8 Å². The molecule has 2 saturated heterocycles. The number of likely N-dealkylation sites (tertiary alicyclic amines) is 2. The summed E-state index contributed by atoms with van der Waals surface area (Å²) >= 11 is 0. The highest BCUT2D eigenvalue weighted by molar-refractivity contribution is 5.76. The molecule has 6 N–H and O–H groups in total. The number of primary amides is 2. The van der Waals surface area contributed by atoms with Crippen molar-refractivity contribution in [1.82, 2.24) is 9.80 Å². The molecule has 0 radical (unpaired) electrons. The van der Waals surface area contributed by atoms with Gasteiger partial charge in [-0.2, -0.15) is 26.3 Å². The van der Waals surface area contributed by atoms with Crippen molar-refractivity contribution in [2.75, 3.05) is 32.7 Å². The summed E-state index contributed by atoms with van der Waals surface area (Å²) < 4.78 is 63.5. The Hall–Kier alpha value is -3.40. The topological polar surface area (TPSA) is 167 Å². The Morgan fingerprint density at radius 2 is 1.30 bits per heavy atom. The summed E-state index contributed by atoms with van der Waals surface area (Å²) in [5, 5.41) is 14.2. The Balaban J connectivity index is 0.000000473. The van der Waals surface area contributed by atoms with E-state index in [-0.39, 0.29) is 23.8 Å². The van der Waals surface area contributed by atoms with E-state index in [1.165, 1.54) is 5.56 Å². The van der Waals surface area contributed by atoms with Crippen molar-refractivity contribution in [1.29, 1.82) is 0 Å². The molecule has 16 heteroatoms. The molecule has 0 bridgehead atoms. The highest BCUT2D eigenvalue weighted by atomic mass is 19.4. The fraction of sp³-hybridized carbons (Fsp3) is 0.583. The van der Waals surface area contributed by atoms with E-state index in [1.54, 1.807) is 0 Å². The summed E-state index contributed by atoms with van der Waals surface area (Å²) in [5.74, 6) is -5.59. The van der Waals surface area contributed by atoms with Gasteiger partial charge in [-0.1, -0.05) is 30.3 Å². The monoisotopic (exact) mass is 586 g/mol. The summed E-state index contributed by atoms with van der Waals surface area (Å²) in [6.07, 6.45) is -6.69. The molecule has 1 unspecified atom stereocenters. The number of piperidine rings is 1. The molecule has 0 saturated carbocycles. The Morgan fingerprint density at radius 3 is 1.70 bits per heavy atom. The van der Waals surface area contributed by atoms with Gasteiger partial charge >= 0.3 is 24.3 Å². The van der Waals surface area contributed by atoms with Crippen LogP contribution in [0.3, 0.4) is 0 Å². The van der Waals surface area contributed by atoms with E-state index in [9.17, 15) is 35.9 Å². The molecule has 226 valence electrons. The first-order valence-electron chi connectivity index (χ1n) is 12.0. The largest absolute Gasteiger partial charge is 0.490 e. The number of hydrogen-bond acceptors (Lipinski definition) is 6. The van der Waals surface area contributed by atoms with Gasteiger partial charge in [0.15, 0.2) is 0 Å². The molecule has 0 spiro atoms. The van der Waals surface area contributed by atoms with Crippen LogP contribution in [0.25, 0.3) is 0 Å². The van der Waals surface area contributed by atoms with E-state index in [2.05, 4.69) is 34.1 Å². The Morgan fingerprint density at radius 1 is 0.825 bits per heavy atom. The standard InChI is InChI=1S/C20H30N4O2.2C2HF3O2/c21-18(25)12-20(8-11-24(15-20)14-19(22)26)17-6-9-23(10-7-17)13-16-4-2-1-3-5-16;2*3-2(4,5)1(6)7/h1-5,17H,6-15H2,(H2,21,25)(H2,22,26);2*(H,6,7). The Kier molecular flexibility index (Phi) is 12.8. The first-order valence-corrected chi connectivity index (χ1v) is 12.0. The molecule has 0 aliphatic carbocycles. The van der Waals surface area contributed by atoms with Crippen LogP contribution in [-0.4, -0.2) is 88.8 Å². The number of alkyl halides is 6. The van der Waals surface area contributed by atoms with Crippen molar-refractivity contribution in [3.05, 3.63) is 35.9 Å². The number of carboxylic acid groups (broad SMARTS) is 2. The van der Waals surface area contributed by atoms with Crippen LogP contribution in [0, 0.1) is 11.3 Å². The molecule has 2 heterocycles.